The molecular weight excluding hydrogens is 574 g/mol. The number of carbonyl (C=O) groups is 4. The van der Waals surface area contributed by atoms with Gasteiger partial charge in [-0.2, -0.15) is 13.2 Å². The summed E-state index contributed by atoms with van der Waals surface area (Å²) in [6.45, 7) is 1.47. The van der Waals surface area contributed by atoms with Crippen LogP contribution in [0.2, 0.25) is 0 Å². The summed E-state index contributed by atoms with van der Waals surface area (Å²) in [6, 6.07) is 6.75. The van der Waals surface area contributed by atoms with Crippen molar-refractivity contribution in [3.05, 3.63) is 65.0 Å². The van der Waals surface area contributed by atoms with Crippen molar-refractivity contribution in [3.63, 3.8) is 0 Å². The van der Waals surface area contributed by atoms with Crippen LogP contribution in [0, 0.1) is 5.82 Å². The Balaban J connectivity index is 1.64. The Bertz CT molecular complexity index is 1400. The van der Waals surface area contributed by atoms with Gasteiger partial charge in [0, 0.05) is 50.8 Å². The first-order valence-corrected chi connectivity index (χ1v) is 13.6. The molecule has 232 valence electrons. The average Bonchev–Trinajstić information content (AvgIpc) is 3.39. The lowest BCUT2D eigenvalue weighted by atomic mass is 9.94. The maximum absolute atomic E-state index is 13.8. The lowest BCUT2D eigenvalue weighted by molar-refractivity contribution is -0.187. The number of rotatable bonds is 9. The monoisotopic (exact) mass is 607 g/mol. The van der Waals surface area contributed by atoms with Gasteiger partial charge in [0.2, 0.25) is 11.5 Å². The number of urea groups is 1. The topological polar surface area (TPSA) is 111 Å². The number of imide groups is 1. The predicted octanol–water partition coefficient (Wildman–Crippen LogP) is 4.17. The number of hydrogen-bond donors (Lipinski definition) is 2. The lowest BCUT2D eigenvalue weighted by Crippen LogP contribution is -2.46. The molecule has 2 aliphatic rings. The third-order valence-electron chi connectivity index (χ3n) is 7.74. The molecular formula is C29H33F4N5O5. The Labute approximate surface area is 245 Å². The summed E-state index contributed by atoms with van der Waals surface area (Å²) < 4.78 is 60.3. The number of hydrogen-bond acceptors (Lipinski definition) is 6. The Kier molecular flexibility index (Phi) is 9.00. The first-order valence-electron chi connectivity index (χ1n) is 13.6. The van der Waals surface area contributed by atoms with Crippen LogP contribution in [-0.4, -0.2) is 85.1 Å². The number of nitrogens with one attached hydrogen (secondary N) is 2. The van der Waals surface area contributed by atoms with Crippen molar-refractivity contribution < 1.29 is 41.5 Å². The van der Waals surface area contributed by atoms with Gasteiger partial charge in [-0.3, -0.25) is 14.9 Å². The second-order valence-corrected chi connectivity index (χ2v) is 11.1. The standard InChI is InChI=1S/C29H33F4N5O5/c1-17(29(31,32)33)38(16-18-5-7-20(30)8-6-18)24(39)13-19-15-28(25(40)35-27(42)43-28)23-10-9-21(14-22(19)23)34-26(41)37(4)12-11-36(2)3/h5-10,14,17,19H,11-13,15-16H2,1-4H3,(H,34,41)(H,35,40,42)/t17-,19?,28+/m0/s1. The highest BCUT2D eigenvalue weighted by atomic mass is 19.4. The fourth-order valence-corrected chi connectivity index (χ4v) is 5.23. The molecule has 1 saturated heterocycles. The number of anilines is 1. The van der Waals surface area contributed by atoms with E-state index in [4.69, 9.17) is 4.74 Å². The molecule has 0 saturated carbocycles. The van der Waals surface area contributed by atoms with E-state index in [9.17, 15) is 36.7 Å². The Morgan fingerprint density at radius 3 is 2.35 bits per heavy atom. The summed E-state index contributed by atoms with van der Waals surface area (Å²) in [4.78, 5) is 55.3. The largest absolute Gasteiger partial charge is 0.427 e. The highest BCUT2D eigenvalue weighted by Crippen LogP contribution is 2.51. The quantitative estimate of drug-likeness (QED) is 0.414. The second-order valence-electron chi connectivity index (χ2n) is 11.1. The summed E-state index contributed by atoms with van der Waals surface area (Å²) in [5.41, 5.74) is -0.483. The van der Waals surface area contributed by atoms with E-state index in [2.05, 4.69) is 10.6 Å². The van der Waals surface area contributed by atoms with Crippen molar-refractivity contribution in [3.8, 4) is 0 Å². The number of amides is 5. The van der Waals surface area contributed by atoms with Crippen LogP contribution in [0.25, 0.3) is 0 Å². The van der Waals surface area contributed by atoms with Crippen LogP contribution < -0.4 is 10.6 Å². The minimum atomic E-state index is -4.75. The highest BCUT2D eigenvalue weighted by molar-refractivity contribution is 6.04. The SMILES string of the molecule is C[C@H](N(Cc1ccc(F)cc1)C(=O)CC1C[C@@]2(OC(=O)NC2=O)c2ccc(NC(=O)N(C)CCN(C)C)cc21)C(F)(F)F. The number of alkyl halides is 3. The van der Waals surface area contributed by atoms with Crippen molar-refractivity contribution in [2.45, 2.75) is 50.0 Å². The zero-order chi connectivity index (χ0) is 31.7. The van der Waals surface area contributed by atoms with Crippen LogP contribution in [0.1, 0.15) is 42.4 Å². The average molecular weight is 608 g/mol. The van der Waals surface area contributed by atoms with Gasteiger partial charge in [0.15, 0.2) is 0 Å². The van der Waals surface area contributed by atoms with Crippen molar-refractivity contribution >= 4 is 29.6 Å². The fourth-order valence-electron chi connectivity index (χ4n) is 5.23. The molecule has 1 spiro atoms. The lowest BCUT2D eigenvalue weighted by Gasteiger charge is -2.32. The van der Waals surface area contributed by atoms with Gasteiger partial charge >= 0.3 is 18.3 Å². The van der Waals surface area contributed by atoms with E-state index >= 15 is 0 Å². The molecule has 1 heterocycles. The number of likely N-dealkylation sites (N-methyl/N-ethyl adjacent to an activating group) is 2. The zero-order valence-corrected chi connectivity index (χ0v) is 24.1. The number of ether oxygens (including phenoxy) is 1. The van der Waals surface area contributed by atoms with Gasteiger partial charge in [-0.15, -0.1) is 0 Å². The van der Waals surface area contributed by atoms with Gasteiger partial charge in [-0.1, -0.05) is 18.2 Å². The first kappa shape index (κ1) is 31.7. The minimum absolute atomic E-state index is 0.184. The number of carbonyl (C=O) groups excluding carboxylic acids is 4. The van der Waals surface area contributed by atoms with Gasteiger partial charge in [0.05, 0.1) is 0 Å². The van der Waals surface area contributed by atoms with Crippen molar-refractivity contribution in [2.75, 3.05) is 39.5 Å². The van der Waals surface area contributed by atoms with Crippen molar-refractivity contribution in [2.24, 2.45) is 0 Å². The minimum Gasteiger partial charge on any atom is -0.427 e. The predicted molar refractivity (Wildman–Crippen MR) is 147 cm³/mol. The molecule has 2 aromatic carbocycles. The van der Waals surface area contributed by atoms with Crippen LogP contribution in [0.5, 0.6) is 0 Å². The van der Waals surface area contributed by atoms with Gasteiger partial charge in [-0.05, 0) is 62.3 Å². The van der Waals surface area contributed by atoms with Crippen LogP contribution in [0.15, 0.2) is 42.5 Å². The third kappa shape index (κ3) is 6.90. The number of fused-ring (bicyclic) bond motifs is 2. The number of nitrogens with zero attached hydrogens (tertiary/aromatic N) is 3. The van der Waals surface area contributed by atoms with E-state index in [0.717, 1.165) is 19.1 Å². The van der Waals surface area contributed by atoms with Gasteiger partial charge in [0.25, 0.3) is 5.91 Å². The molecule has 3 atom stereocenters. The van der Waals surface area contributed by atoms with Crippen LogP contribution in [0.3, 0.4) is 0 Å². The van der Waals surface area contributed by atoms with Crippen molar-refractivity contribution in [1.29, 1.82) is 0 Å². The number of halogens is 4. The molecule has 1 unspecified atom stereocenters. The molecule has 4 rings (SSSR count). The van der Waals surface area contributed by atoms with Gasteiger partial charge in [-0.25, -0.2) is 14.0 Å². The van der Waals surface area contributed by atoms with E-state index in [0.29, 0.717) is 34.8 Å². The molecule has 1 aliphatic carbocycles. The molecule has 5 amide bonds. The molecule has 10 nitrogen and oxygen atoms in total. The Morgan fingerprint density at radius 1 is 1.09 bits per heavy atom. The summed E-state index contributed by atoms with van der Waals surface area (Å²) in [5, 5.41) is 4.84. The van der Waals surface area contributed by atoms with E-state index in [-0.39, 0.29) is 12.0 Å². The van der Waals surface area contributed by atoms with Crippen LogP contribution >= 0.6 is 0 Å². The molecule has 2 aromatic rings. The maximum Gasteiger partial charge on any atom is 0.415 e. The van der Waals surface area contributed by atoms with E-state index in [1.807, 2.05) is 19.0 Å². The first-order chi connectivity index (χ1) is 20.1. The van der Waals surface area contributed by atoms with Crippen molar-refractivity contribution in [1.82, 2.24) is 20.0 Å². The summed E-state index contributed by atoms with van der Waals surface area (Å²) >= 11 is 0. The molecule has 2 N–H and O–H groups in total. The third-order valence-corrected chi connectivity index (χ3v) is 7.74. The summed E-state index contributed by atoms with van der Waals surface area (Å²) in [6.07, 6.45) is -6.37. The molecule has 14 heteroatoms. The maximum atomic E-state index is 13.8. The molecule has 1 aliphatic heterocycles. The van der Waals surface area contributed by atoms with E-state index in [1.165, 1.54) is 35.2 Å². The van der Waals surface area contributed by atoms with Crippen LogP contribution in [-0.2, 0) is 26.5 Å². The van der Waals surface area contributed by atoms with E-state index < -0.39 is 66.5 Å². The fraction of sp³-hybridized carbons (Fsp3) is 0.448. The summed E-state index contributed by atoms with van der Waals surface area (Å²) in [7, 11) is 5.35. The molecule has 43 heavy (non-hydrogen) atoms. The summed E-state index contributed by atoms with van der Waals surface area (Å²) in [5.74, 6) is -3.03. The highest BCUT2D eigenvalue weighted by Gasteiger charge is 2.57. The van der Waals surface area contributed by atoms with Gasteiger partial charge < -0.3 is 24.8 Å². The zero-order valence-electron chi connectivity index (χ0n) is 24.1. The number of alkyl carbamates (subject to hydrolysis) is 1. The molecule has 0 radical (unpaired) electrons. The van der Waals surface area contributed by atoms with E-state index in [1.54, 1.807) is 7.05 Å². The smallest absolute Gasteiger partial charge is 0.415 e. The van der Waals surface area contributed by atoms with Gasteiger partial charge in [0.1, 0.15) is 11.9 Å². The molecule has 1 fully saturated rings. The normalized spacial score (nSPS) is 20.1. The second kappa shape index (κ2) is 12.2. The number of benzene rings is 2. The Morgan fingerprint density at radius 2 is 1.77 bits per heavy atom. The Hall–Kier alpha value is -4.20. The molecule has 0 aromatic heterocycles. The molecule has 0 bridgehead atoms. The van der Waals surface area contributed by atoms with Crippen LogP contribution in [0.4, 0.5) is 32.8 Å².